The molecule has 6 nitrogen and oxygen atoms in total. The molecule has 2 atom stereocenters. The largest absolute Gasteiger partial charge is 0.484 e. The van der Waals surface area contributed by atoms with E-state index in [2.05, 4.69) is 0 Å². The molecule has 4 rings (SSSR count). The molecule has 0 aliphatic carbocycles. The second-order valence-electron chi connectivity index (χ2n) is 7.18. The summed E-state index contributed by atoms with van der Waals surface area (Å²) in [6, 6.07) is 5.63. The molecule has 0 N–H and O–H groups in total. The number of hydrogen-bond acceptors (Lipinski definition) is 4. The van der Waals surface area contributed by atoms with E-state index in [1.165, 1.54) is 5.56 Å². The van der Waals surface area contributed by atoms with E-state index in [9.17, 15) is 9.59 Å². The Morgan fingerprint density at radius 3 is 2.96 bits per heavy atom. The van der Waals surface area contributed by atoms with E-state index < -0.39 is 5.72 Å². The van der Waals surface area contributed by atoms with Gasteiger partial charge in [0.2, 0.25) is 5.91 Å². The van der Waals surface area contributed by atoms with Crippen molar-refractivity contribution < 1.29 is 19.1 Å². The smallest absolute Gasteiger partial charge is 0.260 e. The first-order chi connectivity index (χ1) is 12.0. The van der Waals surface area contributed by atoms with Crippen LogP contribution in [0.15, 0.2) is 18.2 Å². The van der Waals surface area contributed by atoms with Gasteiger partial charge >= 0.3 is 0 Å². The van der Waals surface area contributed by atoms with E-state index in [1.807, 2.05) is 36.9 Å². The SMILES string of the molecule is Cc1ccc(OCC(=O)N2CC[C@@]34OCCCN3C(=O)C[C@@H]24)cc1C. The predicted molar refractivity (Wildman–Crippen MR) is 91.2 cm³/mol. The highest BCUT2D eigenvalue weighted by molar-refractivity contribution is 5.85. The summed E-state index contributed by atoms with van der Waals surface area (Å²) in [4.78, 5) is 28.6. The molecule has 134 valence electrons. The van der Waals surface area contributed by atoms with E-state index in [0.29, 0.717) is 31.7 Å². The van der Waals surface area contributed by atoms with Crippen molar-refractivity contribution >= 4 is 11.8 Å². The maximum atomic E-state index is 12.7. The van der Waals surface area contributed by atoms with Crippen molar-refractivity contribution in [3.05, 3.63) is 29.3 Å². The number of carbonyl (C=O) groups excluding carboxylic acids is 2. The Morgan fingerprint density at radius 2 is 2.16 bits per heavy atom. The quantitative estimate of drug-likeness (QED) is 0.836. The normalized spacial score (nSPS) is 28.1. The predicted octanol–water partition coefficient (Wildman–Crippen LogP) is 1.63. The lowest BCUT2D eigenvalue weighted by Gasteiger charge is -2.42. The molecule has 1 aromatic rings. The number of nitrogens with zero attached hydrogens (tertiary/aromatic N) is 2. The Bertz CT molecular complexity index is 719. The van der Waals surface area contributed by atoms with Gasteiger partial charge < -0.3 is 19.3 Å². The topological polar surface area (TPSA) is 59.1 Å². The van der Waals surface area contributed by atoms with Gasteiger partial charge in [0.25, 0.3) is 5.91 Å². The fraction of sp³-hybridized carbons (Fsp3) is 0.579. The Kier molecular flexibility index (Phi) is 3.95. The molecule has 0 unspecified atom stereocenters. The summed E-state index contributed by atoms with van der Waals surface area (Å²) in [6.45, 7) is 6.05. The highest BCUT2D eigenvalue weighted by Gasteiger charge is 2.61. The zero-order valence-electron chi connectivity index (χ0n) is 14.8. The van der Waals surface area contributed by atoms with Crippen molar-refractivity contribution in [3.63, 3.8) is 0 Å². The third-order valence-corrected chi connectivity index (χ3v) is 5.77. The molecule has 1 spiro atoms. The van der Waals surface area contributed by atoms with Crippen molar-refractivity contribution in [2.75, 3.05) is 26.3 Å². The van der Waals surface area contributed by atoms with Crippen LogP contribution in [0, 0.1) is 13.8 Å². The Hall–Kier alpha value is -2.08. The molecule has 0 radical (unpaired) electrons. The van der Waals surface area contributed by atoms with Crippen LogP contribution in [0.2, 0.25) is 0 Å². The Morgan fingerprint density at radius 1 is 1.32 bits per heavy atom. The molecule has 1 aromatic carbocycles. The van der Waals surface area contributed by atoms with Crippen LogP contribution >= 0.6 is 0 Å². The van der Waals surface area contributed by atoms with Gasteiger partial charge in [-0.15, -0.1) is 0 Å². The van der Waals surface area contributed by atoms with E-state index >= 15 is 0 Å². The number of ether oxygens (including phenoxy) is 2. The van der Waals surface area contributed by atoms with Crippen LogP contribution in [0.25, 0.3) is 0 Å². The number of carbonyl (C=O) groups is 2. The molecular weight excluding hydrogens is 320 g/mol. The Balaban J connectivity index is 1.44. The third-order valence-electron chi connectivity index (χ3n) is 5.77. The molecule has 3 aliphatic heterocycles. The zero-order chi connectivity index (χ0) is 17.6. The fourth-order valence-electron chi connectivity index (χ4n) is 4.28. The Labute approximate surface area is 147 Å². The van der Waals surface area contributed by atoms with Crippen molar-refractivity contribution in [3.8, 4) is 5.75 Å². The fourth-order valence-corrected chi connectivity index (χ4v) is 4.28. The van der Waals surface area contributed by atoms with Crippen LogP contribution in [-0.4, -0.2) is 59.7 Å². The van der Waals surface area contributed by atoms with Gasteiger partial charge in [0.05, 0.1) is 19.1 Å². The second-order valence-corrected chi connectivity index (χ2v) is 7.18. The summed E-state index contributed by atoms with van der Waals surface area (Å²) < 4.78 is 11.7. The first-order valence-electron chi connectivity index (χ1n) is 8.95. The first kappa shape index (κ1) is 16.4. The van der Waals surface area contributed by atoms with E-state index in [4.69, 9.17) is 9.47 Å². The number of aryl methyl sites for hydroxylation is 2. The van der Waals surface area contributed by atoms with Gasteiger partial charge in [0, 0.05) is 19.5 Å². The van der Waals surface area contributed by atoms with Gasteiger partial charge in [-0.3, -0.25) is 9.59 Å². The summed E-state index contributed by atoms with van der Waals surface area (Å²) in [5.41, 5.74) is 1.74. The molecule has 0 aromatic heterocycles. The van der Waals surface area contributed by atoms with Gasteiger partial charge in [-0.05, 0) is 43.5 Å². The molecule has 3 heterocycles. The standard InChI is InChI=1S/C19H24N2O4/c1-13-4-5-15(10-14(13)2)24-12-18(23)20-8-6-19-16(20)11-17(22)21(19)7-3-9-25-19/h4-5,10,16H,3,6-9,11-12H2,1-2H3/t16-,19+/m1/s1. The second kappa shape index (κ2) is 6.02. The number of hydrogen-bond donors (Lipinski definition) is 0. The van der Waals surface area contributed by atoms with Crippen molar-refractivity contribution in [2.24, 2.45) is 0 Å². The molecule has 0 bridgehead atoms. The van der Waals surface area contributed by atoms with Gasteiger partial charge in [0.15, 0.2) is 12.3 Å². The number of benzene rings is 1. The lowest BCUT2D eigenvalue weighted by Crippen LogP contribution is -2.56. The average Bonchev–Trinajstić information content (AvgIpc) is 3.08. The molecule has 25 heavy (non-hydrogen) atoms. The monoisotopic (exact) mass is 344 g/mol. The minimum atomic E-state index is -0.592. The molecule has 3 saturated heterocycles. The van der Waals surface area contributed by atoms with Gasteiger partial charge in [0.1, 0.15) is 5.75 Å². The summed E-state index contributed by atoms with van der Waals surface area (Å²) in [5.74, 6) is 0.713. The van der Waals surface area contributed by atoms with E-state index in [0.717, 1.165) is 18.5 Å². The minimum Gasteiger partial charge on any atom is -0.484 e. The molecule has 0 saturated carbocycles. The number of likely N-dealkylation sites (tertiary alicyclic amines) is 1. The maximum absolute atomic E-state index is 12.7. The minimum absolute atomic E-state index is 0.0106. The van der Waals surface area contributed by atoms with Crippen LogP contribution in [0.4, 0.5) is 0 Å². The summed E-state index contributed by atoms with van der Waals surface area (Å²) in [6.07, 6.45) is 1.91. The zero-order valence-corrected chi connectivity index (χ0v) is 14.8. The van der Waals surface area contributed by atoms with Crippen molar-refractivity contribution in [2.45, 2.75) is 44.9 Å². The lowest BCUT2D eigenvalue weighted by atomic mass is 10.0. The van der Waals surface area contributed by atoms with Crippen molar-refractivity contribution in [1.29, 1.82) is 0 Å². The average molecular weight is 344 g/mol. The van der Waals surface area contributed by atoms with Crippen molar-refractivity contribution in [1.82, 2.24) is 9.80 Å². The van der Waals surface area contributed by atoms with E-state index in [1.54, 1.807) is 4.90 Å². The van der Waals surface area contributed by atoms with Crippen LogP contribution in [0.1, 0.15) is 30.4 Å². The molecule has 3 aliphatic rings. The number of rotatable bonds is 3. The van der Waals surface area contributed by atoms with Crippen LogP contribution in [0.3, 0.4) is 0 Å². The van der Waals surface area contributed by atoms with Crippen LogP contribution in [-0.2, 0) is 14.3 Å². The molecule has 2 amide bonds. The van der Waals surface area contributed by atoms with Crippen LogP contribution in [0.5, 0.6) is 5.75 Å². The molecule has 3 fully saturated rings. The first-order valence-corrected chi connectivity index (χ1v) is 8.95. The summed E-state index contributed by atoms with van der Waals surface area (Å²) in [7, 11) is 0. The van der Waals surface area contributed by atoms with Crippen LogP contribution < -0.4 is 4.74 Å². The van der Waals surface area contributed by atoms with Gasteiger partial charge in [-0.25, -0.2) is 0 Å². The lowest BCUT2D eigenvalue weighted by molar-refractivity contribution is -0.182. The summed E-state index contributed by atoms with van der Waals surface area (Å²) in [5, 5.41) is 0. The highest BCUT2D eigenvalue weighted by atomic mass is 16.5. The van der Waals surface area contributed by atoms with Gasteiger partial charge in [-0.1, -0.05) is 6.07 Å². The van der Waals surface area contributed by atoms with E-state index in [-0.39, 0.29) is 24.5 Å². The summed E-state index contributed by atoms with van der Waals surface area (Å²) >= 11 is 0. The maximum Gasteiger partial charge on any atom is 0.260 e. The molecular formula is C19H24N2O4. The highest BCUT2D eigenvalue weighted by Crippen LogP contribution is 2.44. The molecule has 6 heteroatoms. The van der Waals surface area contributed by atoms with Gasteiger partial charge in [-0.2, -0.15) is 0 Å². The number of amides is 2. The third kappa shape index (κ3) is 2.59.